The molecule has 0 spiro atoms. The molecule has 1 fully saturated rings. The Balaban J connectivity index is 1.83. The summed E-state index contributed by atoms with van der Waals surface area (Å²) in [6, 6.07) is 13.0. The average molecular weight is 447 g/mol. The highest BCUT2D eigenvalue weighted by Crippen LogP contribution is 2.27. The molecule has 2 aromatic carbocycles. The number of hydrogen-bond acceptors (Lipinski definition) is 4. The fraction of sp³-hybridized carbons (Fsp3) is 0.435. The highest BCUT2D eigenvalue weighted by atomic mass is 32.2. The molecule has 0 aliphatic carbocycles. The second-order valence-electron chi connectivity index (χ2n) is 7.95. The predicted octanol–water partition coefficient (Wildman–Crippen LogP) is 4.55. The van der Waals surface area contributed by atoms with E-state index in [4.69, 9.17) is 0 Å². The van der Waals surface area contributed by atoms with E-state index in [2.05, 4.69) is 0 Å². The van der Waals surface area contributed by atoms with Gasteiger partial charge in [0.2, 0.25) is 10.0 Å². The highest BCUT2D eigenvalue weighted by Gasteiger charge is 2.31. The number of thioether (sulfide) groups is 1. The van der Waals surface area contributed by atoms with Gasteiger partial charge in [0.1, 0.15) is 0 Å². The van der Waals surface area contributed by atoms with E-state index in [1.54, 1.807) is 46.2 Å². The molecule has 30 heavy (non-hydrogen) atoms. The summed E-state index contributed by atoms with van der Waals surface area (Å²) in [7, 11) is -1.87. The Bertz CT molecular complexity index is 1000. The molecule has 3 rings (SSSR count). The second kappa shape index (κ2) is 9.54. The number of carbonyl (C=O) groups is 1. The van der Waals surface area contributed by atoms with Crippen LogP contribution in [0.4, 0.5) is 0 Å². The summed E-state index contributed by atoms with van der Waals surface area (Å²) in [5.74, 6) is -0.176. The van der Waals surface area contributed by atoms with Crippen molar-refractivity contribution < 1.29 is 13.2 Å². The van der Waals surface area contributed by atoms with Crippen LogP contribution in [0.5, 0.6) is 0 Å². The Morgan fingerprint density at radius 1 is 1.17 bits per heavy atom. The number of hydrogen-bond donors (Lipinski definition) is 0. The van der Waals surface area contributed by atoms with Gasteiger partial charge in [-0.3, -0.25) is 4.79 Å². The van der Waals surface area contributed by atoms with Gasteiger partial charge in [-0.15, -0.1) is 11.8 Å². The summed E-state index contributed by atoms with van der Waals surface area (Å²) in [6.45, 7) is 4.79. The lowest BCUT2D eigenvalue weighted by atomic mass is 10.1. The van der Waals surface area contributed by atoms with Crippen molar-refractivity contribution in [2.45, 2.75) is 55.5 Å². The first kappa shape index (κ1) is 22.8. The van der Waals surface area contributed by atoms with Gasteiger partial charge in [-0.2, -0.15) is 4.31 Å². The third-order valence-corrected chi connectivity index (χ3v) is 8.47. The molecule has 1 unspecified atom stereocenters. The maximum atomic E-state index is 13.2. The molecule has 1 saturated heterocycles. The van der Waals surface area contributed by atoms with Gasteiger partial charge in [-0.05, 0) is 68.3 Å². The molecule has 1 aliphatic heterocycles. The number of amides is 1. The number of rotatable bonds is 6. The summed E-state index contributed by atoms with van der Waals surface area (Å²) in [5, 5.41) is 0. The van der Waals surface area contributed by atoms with E-state index in [0.717, 1.165) is 30.4 Å². The highest BCUT2D eigenvalue weighted by molar-refractivity contribution is 7.98. The van der Waals surface area contributed by atoms with Crippen molar-refractivity contribution in [2.24, 2.45) is 0 Å². The number of carbonyl (C=O) groups excluding carboxylic acids is 1. The Hall–Kier alpha value is -1.83. The molecule has 1 aliphatic rings. The van der Waals surface area contributed by atoms with Gasteiger partial charge >= 0.3 is 0 Å². The van der Waals surface area contributed by atoms with Gasteiger partial charge in [-0.1, -0.05) is 24.6 Å². The fourth-order valence-corrected chi connectivity index (χ4v) is 5.97. The zero-order chi connectivity index (χ0) is 21.9. The first-order valence-electron chi connectivity index (χ1n) is 10.2. The first-order valence-corrected chi connectivity index (χ1v) is 12.9. The SMILES string of the molecule is CSc1ccc(CN(C)C(=O)c2cc(S(=O)(=O)N3CCCCC3C)ccc2C)cc1. The van der Waals surface area contributed by atoms with Crippen LogP contribution in [0.15, 0.2) is 52.3 Å². The normalized spacial score (nSPS) is 17.7. The zero-order valence-electron chi connectivity index (χ0n) is 18.1. The van der Waals surface area contributed by atoms with Gasteiger partial charge in [0.25, 0.3) is 5.91 Å². The molecule has 1 amide bonds. The molecular formula is C23H30N2O3S2. The lowest BCUT2D eigenvalue weighted by Crippen LogP contribution is -2.42. The summed E-state index contributed by atoms with van der Waals surface area (Å²) >= 11 is 1.68. The van der Waals surface area contributed by atoms with E-state index < -0.39 is 10.0 Å². The van der Waals surface area contributed by atoms with Crippen LogP contribution in [0.2, 0.25) is 0 Å². The van der Waals surface area contributed by atoms with Crippen LogP contribution in [0, 0.1) is 6.92 Å². The maximum Gasteiger partial charge on any atom is 0.254 e. The third kappa shape index (κ3) is 4.90. The van der Waals surface area contributed by atoms with E-state index in [9.17, 15) is 13.2 Å². The average Bonchev–Trinajstić information content (AvgIpc) is 2.74. The number of aryl methyl sites for hydroxylation is 1. The van der Waals surface area contributed by atoms with Crippen molar-refractivity contribution in [3.8, 4) is 0 Å². The van der Waals surface area contributed by atoms with Crippen LogP contribution in [0.3, 0.4) is 0 Å². The molecule has 2 aromatic rings. The summed E-state index contributed by atoms with van der Waals surface area (Å²) in [6.07, 6.45) is 4.82. The van der Waals surface area contributed by atoms with Gasteiger partial charge < -0.3 is 4.90 Å². The quantitative estimate of drug-likeness (QED) is 0.611. The van der Waals surface area contributed by atoms with E-state index in [-0.39, 0.29) is 16.8 Å². The minimum Gasteiger partial charge on any atom is -0.337 e. The van der Waals surface area contributed by atoms with Gasteiger partial charge in [0.15, 0.2) is 0 Å². The third-order valence-electron chi connectivity index (χ3n) is 5.71. The van der Waals surface area contributed by atoms with Crippen molar-refractivity contribution in [1.82, 2.24) is 9.21 Å². The van der Waals surface area contributed by atoms with E-state index in [0.29, 0.717) is 18.7 Å². The molecule has 1 heterocycles. The summed E-state index contributed by atoms with van der Waals surface area (Å²) in [5.41, 5.74) is 2.24. The molecular weight excluding hydrogens is 416 g/mol. The van der Waals surface area contributed by atoms with Crippen molar-refractivity contribution in [3.05, 3.63) is 59.2 Å². The standard InChI is InChI=1S/C23H30N2O3S2/c1-17-8-13-21(30(27,28)25-14-6-5-7-18(25)2)15-22(17)23(26)24(3)16-19-9-11-20(29-4)12-10-19/h8-13,15,18H,5-7,14,16H2,1-4H3. The minimum atomic E-state index is -3.62. The molecule has 0 N–H and O–H groups in total. The van der Waals surface area contributed by atoms with Crippen LogP contribution in [-0.2, 0) is 16.6 Å². The Labute approximate surface area is 184 Å². The lowest BCUT2D eigenvalue weighted by molar-refractivity contribution is 0.0784. The molecule has 0 aromatic heterocycles. The molecule has 5 nitrogen and oxygen atoms in total. The number of benzene rings is 2. The van der Waals surface area contributed by atoms with E-state index in [1.807, 2.05) is 44.4 Å². The maximum absolute atomic E-state index is 13.2. The van der Waals surface area contributed by atoms with Crippen molar-refractivity contribution >= 4 is 27.7 Å². The fourth-order valence-electron chi connectivity index (χ4n) is 3.84. The minimum absolute atomic E-state index is 0.0175. The largest absolute Gasteiger partial charge is 0.337 e. The van der Waals surface area contributed by atoms with Crippen LogP contribution < -0.4 is 0 Å². The zero-order valence-corrected chi connectivity index (χ0v) is 19.7. The molecule has 1 atom stereocenters. The van der Waals surface area contributed by atoms with Gasteiger partial charge in [0, 0.05) is 36.6 Å². The van der Waals surface area contributed by atoms with Gasteiger partial charge in [0.05, 0.1) is 4.90 Å². The van der Waals surface area contributed by atoms with Crippen molar-refractivity contribution in [3.63, 3.8) is 0 Å². The van der Waals surface area contributed by atoms with Crippen molar-refractivity contribution in [1.29, 1.82) is 0 Å². The molecule has 0 bridgehead atoms. The lowest BCUT2D eigenvalue weighted by Gasteiger charge is -2.32. The topological polar surface area (TPSA) is 57.7 Å². The Kier molecular flexibility index (Phi) is 7.26. The monoisotopic (exact) mass is 446 g/mol. The van der Waals surface area contributed by atoms with Crippen molar-refractivity contribution in [2.75, 3.05) is 19.8 Å². The smallest absolute Gasteiger partial charge is 0.254 e. The van der Waals surface area contributed by atoms with Crippen LogP contribution >= 0.6 is 11.8 Å². The molecule has 7 heteroatoms. The summed E-state index contributed by atoms with van der Waals surface area (Å²) < 4.78 is 28.0. The van der Waals surface area contributed by atoms with E-state index in [1.165, 1.54) is 4.90 Å². The van der Waals surface area contributed by atoms with Crippen LogP contribution in [0.1, 0.15) is 47.7 Å². The van der Waals surface area contributed by atoms with Gasteiger partial charge in [-0.25, -0.2) is 8.42 Å². The first-order chi connectivity index (χ1) is 14.2. The number of piperidine rings is 1. The van der Waals surface area contributed by atoms with Crippen LogP contribution in [0.25, 0.3) is 0 Å². The summed E-state index contributed by atoms with van der Waals surface area (Å²) in [4.78, 5) is 16.1. The Morgan fingerprint density at radius 2 is 1.87 bits per heavy atom. The predicted molar refractivity (Wildman–Crippen MR) is 122 cm³/mol. The number of sulfonamides is 1. The molecule has 0 radical (unpaired) electrons. The number of nitrogens with zero attached hydrogens (tertiary/aromatic N) is 2. The van der Waals surface area contributed by atoms with E-state index >= 15 is 0 Å². The van der Waals surface area contributed by atoms with Crippen LogP contribution in [-0.4, -0.2) is 49.4 Å². The Morgan fingerprint density at radius 3 is 2.50 bits per heavy atom. The molecule has 0 saturated carbocycles. The second-order valence-corrected chi connectivity index (χ2v) is 10.7. The molecule has 162 valence electrons.